The van der Waals surface area contributed by atoms with Crippen LogP contribution in [0.1, 0.15) is 28.8 Å². The normalized spacial score (nSPS) is 15.6. The zero-order chi connectivity index (χ0) is 16.2. The SMILES string of the molecule is O=C(c1cc(O)cc(F)c1)N1CCC(Cc2ccccc2)CC1. The van der Waals surface area contributed by atoms with Gasteiger partial charge in [-0.05, 0) is 42.9 Å². The molecule has 1 aliphatic heterocycles. The summed E-state index contributed by atoms with van der Waals surface area (Å²) in [4.78, 5) is 14.2. The number of carbonyl (C=O) groups excluding carboxylic acids is 1. The number of aromatic hydroxyl groups is 1. The van der Waals surface area contributed by atoms with Gasteiger partial charge in [0.15, 0.2) is 0 Å². The Kier molecular flexibility index (Phi) is 4.60. The molecule has 0 radical (unpaired) electrons. The minimum atomic E-state index is -0.590. The van der Waals surface area contributed by atoms with Crippen LogP contribution in [0.5, 0.6) is 5.75 Å². The maximum Gasteiger partial charge on any atom is 0.254 e. The van der Waals surface area contributed by atoms with E-state index in [-0.39, 0.29) is 17.2 Å². The van der Waals surface area contributed by atoms with Crippen molar-refractivity contribution < 1.29 is 14.3 Å². The van der Waals surface area contributed by atoms with Crippen molar-refractivity contribution in [3.63, 3.8) is 0 Å². The molecule has 3 nitrogen and oxygen atoms in total. The summed E-state index contributed by atoms with van der Waals surface area (Å²) in [6.45, 7) is 1.35. The first kappa shape index (κ1) is 15.5. The van der Waals surface area contributed by atoms with E-state index in [4.69, 9.17) is 0 Å². The van der Waals surface area contributed by atoms with E-state index in [2.05, 4.69) is 12.1 Å². The average Bonchev–Trinajstić information content (AvgIpc) is 2.55. The highest BCUT2D eigenvalue weighted by Crippen LogP contribution is 2.24. The Labute approximate surface area is 135 Å². The molecule has 0 atom stereocenters. The zero-order valence-electron chi connectivity index (χ0n) is 12.9. The van der Waals surface area contributed by atoms with Gasteiger partial charge in [0.25, 0.3) is 5.91 Å². The van der Waals surface area contributed by atoms with Gasteiger partial charge < -0.3 is 10.0 Å². The molecule has 0 bridgehead atoms. The van der Waals surface area contributed by atoms with Crippen LogP contribution in [0.25, 0.3) is 0 Å². The summed E-state index contributed by atoms with van der Waals surface area (Å²) in [7, 11) is 0. The van der Waals surface area contributed by atoms with E-state index in [9.17, 15) is 14.3 Å². The van der Waals surface area contributed by atoms with Crippen molar-refractivity contribution in [1.29, 1.82) is 0 Å². The molecule has 0 aromatic heterocycles. The molecule has 2 aromatic rings. The number of halogens is 1. The van der Waals surface area contributed by atoms with E-state index < -0.39 is 5.82 Å². The summed E-state index contributed by atoms with van der Waals surface area (Å²) in [6, 6.07) is 13.9. The Morgan fingerprint density at radius 3 is 2.48 bits per heavy atom. The summed E-state index contributed by atoms with van der Waals surface area (Å²) >= 11 is 0. The van der Waals surface area contributed by atoms with E-state index in [1.165, 1.54) is 17.7 Å². The van der Waals surface area contributed by atoms with E-state index >= 15 is 0 Å². The predicted octanol–water partition coefficient (Wildman–Crippen LogP) is 3.63. The molecule has 0 unspecified atom stereocenters. The molecule has 23 heavy (non-hydrogen) atoms. The number of phenolic OH excluding ortho intramolecular Hbond substituents is 1. The lowest BCUT2D eigenvalue weighted by atomic mass is 9.90. The fourth-order valence-electron chi connectivity index (χ4n) is 3.17. The maximum absolute atomic E-state index is 13.3. The molecule has 0 aliphatic carbocycles. The van der Waals surface area contributed by atoms with E-state index in [0.29, 0.717) is 19.0 Å². The second-order valence-electron chi connectivity index (χ2n) is 6.12. The minimum absolute atomic E-state index is 0.210. The van der Waals surface area contributed by atoms with Gasteiger partial charge in [0, 0.05) is 24.7 Å². The molecule has 0 spiro atoms. The third kappa shape index (κ3) is 3.89. The number of hydrogen-bond donors (Lipinski definition) is 1. The Balaban J connectivity index is 1.59. The van der Waals surface area contributed by atoms with Crippen molar-refractivity contribution >= 4 is 5.91 Å². The zero-order valence-corrected chi connectivity index (χ0v) is 12.9. The van der Waals surface area contributed by atoms with Gasteiger partial charge in [-0.1, -0.05) is 30.3 Å². The third-order valence-electron chi connectivity index (χ3n) is 4.40. The topological polar surface area (TPSA) is 40.5 Å². The van der Waals surface area contributed by atoms with E-state index in [1.54, 1.807) is 4.90 Å². The highest BCUT2D eigenvalue weighted by atomic mass is 19.1. The predicted molar refractivity (Wildman–Crippen MR) is 86.8 cm³/mol. The molecule has 0 saturated carbocycles. The molecule has 1 aliphatic rings. The number of carbonyl (C=O) groups is 1. The summed E-state index contributed by atoms with van der Waals surface area (Å²) in [5.74, 6) is -0.444. The second-order valence-corrected chi connectivity index (χ2v) is 6.12. The Morgan fingerprint density at radius 1 is 1.13 bits per heavy atom. The first-order valence-corrected chi connectivity index (χ1v) is 7.94. The quantitative estimate of drug-likeness (QED) is 0.940. The number of piperidine rings is 1. The van der Waals surface area contributed by atoms with Crippen molar-refractivity contribution in [2.45, 2.75) is 19.3 Å². The molecule has 1 heterocycles. The minimum Gasteiger partial charge on any atom is -0.508 e. The lowest BCUT2D eigenvalue weighted by Gasteiger charge is -2.32. The molecule has 1 amide bonds. The molecular formula is C19H20FNO2. The molecular weight excluding hydrogens is 293 g/mol. The summed E-state index contributed by atoms with van der Waals surface area (Å²) < 4.78 is 13.3. The summed E-state index contributed by atoms with van der Waals surface area (Å²) in [5.41, 5.74) is 1.54. The van der Waals surface area contributed by atoms with E-state index in [0.717, 1.165) is 25.3 Å². The smallest absolute Gasteiger partial charge is 0.254 e. The van der Waals surface area contributed by atoms with Crippen LogP contribution < -0.4 is 0 Å². The lowest BCUT2D eigenvalue weighted by Crippen LogP contribution is -2.38. The fraction of sp³-hybridized carbons (Fsp3) is 0.316. The van der Waals surface area contributed by atoms with Crippen molar-refractivity contribution in [3.05, 3.63) is 65.5 Å². The Bertz CT molecular complexity index is 659. The van der Waals surface area contributed by atoms with Crippen LogP contribution in [0.15, 0.2) is 48.5 Å². The van der Waals surface area contributed by atoms with Gasteiger partial charge in [-0.15, -0.1) is 0 Å². The van der Waals surface area contributed by atoms with Crippen molar-refractivity contribution in [1.82, 2.24) is 4.90 Å². The fourth-order valence-corrected chi connectivity index (χ4v) is 3.17. The maximum atomic E-state index is 13.3. The number of hydrogen-bond acceptors (Lipinski definition) is 2. The van der Waals surface area contributed by atoms with E-state index in [1.807, 2.05) is 18.2 Å². The van der Waals surface area contributed by atoms with Gasteiger partial charge in [0.2, 0.25) is 0 Å². The van der Waals surface area contributed by atoms with Crippen LogP contribution in [-0.2, 0) is 6.42 Å². The average molecular weight is 313 g/mol. The standard InChI is InChI=1S/C19H20FNO2/c20-17-11-16(12-18(22)13-17)19(23)21-8-6-15(7-9-21)10-14-4-2-1-3-5-14/h1-5,11-13,15,22H,6-10H2. The molecule has 120 valence electrons. The number of amides is 1. The summed E-state index contributed by atoms with van der Waals surface area (Å²) in [6.07, 6.45) is 2.92. The first-order chi connectivity index (χ1) is 11.1. The van der Waals surface area contributed by atoms with Gasteiger partial charge in [-0.3, -0.25) is 4.79 Å². The molecule has 2 aromatic carbocycles. The highest BCUT2D eigenvalue weighted by Gasteiger charge is 2.24. The highest BCUT2D eigenvalue weighted by molar-refractivity contribution is 5.94. The largest absolute Gasteiger partial charge is 0.508 e. The summed E-state index contributed by atoms with van der Waals surface area (Å²) in [5, 5.41) is 9.44. The number of phenols is 1. The molecule has 1 saturated heterocycles. The van der Waals surface area contributed by atoms with Gasteiger partial charge in [0.1, 0.15) is 11.6 Å². The van der Waals surface area contributed by atoms with Gasteiger partial charge in [0.05, 0.1) is 0 Å². The molecule has 1 fully saturated rings. The first-order valence-electron chi connectivity index (χ1n) is 7.94. The number of rotatable bonds is 3. The van der Waals surface area contributed by atoms with Gasteiger partial charge in [-0.25, -0.2) is 4.39 Å². The molecule has 4 heteroatoms. The van der Waals surface area contributed by atoms with Crippen molar-refractivity contribution in [2.24, 2.45) is 5.92 Å². The Hall–Kier alpha value is -2.36. The van der Waals surface area contributed by atoms with Gasteiger partial charge in [-0.2, -0.15) is 0 Å². The lowest BCUT2D eigenvalue weighted by molar-refractivity contribution is 0.0689. The van der Waals surface area contributed by atoms with Gasteiger partial charge >= 0.3 is 0 Å². The van der Waals surface area contributed by atoms with Crippen molar-refractivity contribution in [3.8, 4) is 5.75 Å². The Morgan fingerprint density at radius 2 is 1.83 bits per heavy atom. The van der Waals surface area contributed by atoms with Crippen LogP contribution in [0, 0.1) is 11.7 Å². The third-order valence-corrected chi connectivity index (χ3v) is 4.40. The van der Waals surface area contributed by atoms with Crippen LogP contribution >= 0.6 is 0 Å². The molecule has 3 rings (SSSR count). The van der Waals surface area contributed by atoms with Crippen LogP contribution in [0.2, 0.25) is 0 Å². The monoisotopic (exact) mass is 313 g/mol. The van der Waals surface area contributed by atoms with Crippen molar-refractivity contribution in [2.75, 3.05) is 13.1 Å². The number of nitrogens with zero attached hydrogens (tertiary/aromatic N) is 1. The van der Waals surface area contributed by atoms with Crippen LogP contribution in [0.3, 0.4) is 0 Å². The molecule has 1 N–H and O–H groups in total. The number of benzene rings is 2. The van der Waals surface area contributed by atoms with Crippen LogP contribution in [0.4, 0.5) is 4.39 Å². The number of likely N-dealkylation sites (tertiary alicyclic amines) is 1. The second kappa shape index (κ2) is 6.82. The van der Waals surface area contributed by atoms with Crippen LogP contribution in [-0.4, -0.2) is 29.0 Å².